The van der Waals surface area contributed by atoms with E-state index < -0.39 is 18.1 Å². The van der Waals surface area contributed by atoms with E-state index in [2.05, 4.69) is 39.9 Å². The second kappa shape index (κ2) is 11.4. The zero-order valence-corrected chi connectivity index (χ0v) is 30.3. The summed E-state index contributed by atoms with van der Waals surface area (Å²) in [6, 6.07) is -0.621. The Morgan fingerprint density at radius 3 is 2.48 bits per heavy atom. The molecule has 48 heavy (non-hydrogen) atoms. The highest BCUT2D eigenvalue weighted by molar-refractivity contribution is 5.76. The molecule has 0 aromatic rings. The molecule has 0 bridgehead atoms. The third kappa shape index (κ3) is 4.71. The molecular weight excluding hydrogens is 608 g/mol. The highest BCUT2D eigenvalue weighted by Gasteiger charge is 2.84. The maximum atomic E-state index is 12.9. The average Bonchev–Trinajstić information content (AvgIpc) is 3.96. The van der Waals surface area contributed by atoms with Gasteiger partial charge in [-0.15, -0.1) is 0 Å². The van der Waals surface area contributed by atoms with E-state index in [1.807, 2.05) is 4.90 Å². The Morgan fingerprint density at radius 1 is 1.02 bits per heavy atom. The molecule has 14 atom stereocenters. The van der Waals surface area contributed by atoms with Crippen LogP contribution in [-0.4, -0.2) is 90.0 Å². The molecule has 8 rings (SSSR count). The van der Waals surface area contributed by atoms with Crippen molar-refractivity contribution in [1.82, 2.24) is 10.2 Å². The lowest BCUT2D eigenvalue weighted by Gasteiger charge is -2.64. The Morgan fingerprint density at radius 2 is 1.75 bits per heavy atom. The first-order valence-corrected chi connectivity index (χ1v) is 19.5. The Labute approximate surface area is 287 Å². The molecule has 0 radical (unpaired) electrons. The summed E-state index contributed by atoms with van der Waals surface area (Å²) in [7, 11) is 0. The lowest BCUT2D eigenvalue weighted by molar-refractivity contribution is -0.248. The Bertz CT molecular complexity index is 1300. The highest BCUT2D eigenvalue weighted by Crippen LogP contribution is 2.89. The smallest absolute Gasteiger partial charge is 0.320 e. The summed E-state index contributed by atoms with van der Waals surface area (Å²) >= 11 is 0. The van der Waals surface area contributed by atoms with Crippen LogP contribution in [0.5, 0.6) is 0 Å². The number of nitrogens with one attached hydrogen (secondary N) is 1. The number of carboxylic acid groups (broad SMARTS) is 1. The molecular formula is C39H62N2O7. The molecule has 2 saturated heterocycles. The first-order chi connectivity index (χ1) is 22.7. The maximum absolute atomic E-state index is 12.9. The van der Waals surface area contributed by atoms with E-state index in [0.29, 0.717) is 67.7 Å². The van der Waals surface area contributed by atoms with Gasteiger partial charge in [-0.25, -0.2) is 0 Å². The summed E-state index contributed by atoms with van der Waals surface area (Å²) in [4.78, 5) is 26.3. The number of hydrogen-bond acceptors (Lipinski definition) is 7. The van der Waals surface area contributed by atoms with Crippen LogP contribution in [-0.2, 0) is 23.8 Å². The van der Waals surface area contributed by atoms with Crippen molar-refractivity contribution in [3.05, 3.63) is 0 Å². The van der Waals surface area contributed by atoms with E-state index >= 15 is 0 Å². The van der Waals surface area contributed by atoms with Gasteiger partial charge in [-0.2, -0.15) is 0 Å². The molecule has 2 heterocycles. The Kier molecular flexibility index (Phi) is 8.02. The molecule has 4 unspecified atom stereocenters. The van der Waals surface area contributed by atoms with Gasteiger partial charge >= 0.3 is 5.97 Å². The lowest BCUT2D eigenvalue weighted by atomic mass is 9.41. The van der Waals surface area contributed by atoms with Crippen LogP contribution in [0.15, 0.2) is 0 Å². The molecule has 8 fully saturated rings. The number of morpholine rings is 1. The third-order valence-corrected chi connectivity index (χ3v) is 16.7. The SMILES string of the molecule is C[C@H](NCC1C[C@@H](C)[C@H]2C(O1)[C@H](O)[C@@]1(C)C3CC[C@H]4C(C)(C)C(O[C@H]5CN(C(=O)CC6CC6)CCO5)CC[C@@]45C[C@@]35CC[C@]21C)C(=O)O. The number of aliphatic carboxylic acids is 1. The van der Waals surface area contributed by atoms with Gasteiger partial charge in [0.1, 0.15) is 6.04 Å². The van der Waals surface area contributed by atoms with Gasteiger partial charge in [0.2, 0.25) is 5.91 Å². The van der Waals surface area contributed by atoms with Crippen LogP contribution in [0.1, 0.15) is 112 Å². The van der Waals surface area contributed by atoms with Gasteiger partial charge in [-0.1, -0.05) is 34.6 Å². The predicted molar refractivity (Wildman–Crippen MR) is 180 cm³/mol. The van der Waals surface area contributed by atoms with Crippen molar-refractivity contribution >= 4 is 11.9 Å². The number of carboxylic acids is 1. The van der Waals surface area contributed by atoms with Crippen LogP contribution in [0, 0.1) is 56.7 Å². The molecule has 6 aliphatic carbocycles. The average molecular weight is 671 g/mol. The van der Waals surface area contributed by atoms with Gasteiger partial charge < -0.3 is 34.6 Å². The summed E-state index contributed by atoms with van der Waals surface area (Å²) in [5.74, 6) is 1.77. The lowest BCUT2D eigenvalue weighted by Crippen LogP contribution is -2.60. The molecule has 2 spiro atoms. The van der Waals surface area contributed by atoms with Gasteiger partial charge in [-0.05, 0) is 122 Å². The number of aliphatic hydroxyl groups excluding tert-OH is 1. The zero-order valence-electron chi connectivity index (χ0n) is 30.3. The molecule has 1 amide bonds. The maximum Gasteiger partial charge on any atom is 0.320 e. The van der Waals surface area contributed by atoms with Crippen LogP contribution in [0.4, 0.5) is 0 Å². The van der Waals surface area contributed by atoms with Gasteiger partial charge in [0.05, 0.1) is 37.6 Å². The number of carbonyl (C=O) groups excluding carboxylic acids is 1. The molecule has 9 nitrogen and oxygen atoms in total. The molecule has 0 aromatic heterocycles. The fourth-order valence-corrected chi connectivity index (χ4v) is 14.0. The second-order valence-corrected chi connectivity index (χ2v) is 19.0. The monoisotopic (exact) mass is 670 g/mol. The minimum atomic E-state index is -0.851. The summed E-state index contributed by atoms with van der Waals surface area (Å²) in [5, 5.41) is 25.0. The number of hydrogen-bond donors (Lipinski definition) is 3. The number of amides is 1. The highest BCUT2D eigenvalue weighted by atomic mass is 16.7. The zero-order chi connectivity index (χ0) is 34.0. The summed E-state index contributed by atoms with van der Waals surface area (Å²) in [6.07, 6.45) is 11.1. The van der Waals surface area contributed by atoms with E-state index in [1.165, 1.54) is 38.5 Å². The molecule has 270 valence electrons. The van der Waals surface area contributed by atoms with Crippen molar-refractivity contribution < 1.29 is 34.0 Å². The third-order valence-electron chi connectivity index (χ3n) is 16.7. The van der Waals surface area contributed by atoms with Crippen molar-refractivity contribution in [3.8, 4) is 0 Å². The van der Waals surface area contributed by atoms with Crippen molar-refractivity contribution in [2.45, 2.75) is 149 Å². The molecule has 0 aromatic carbocycles. The molecule has 3 N–H and O–H groups in total. The van der Waals surface area contributed by atoms with Crippen LogP contribution in [0.2, 0.25) is 0 Å². The first-order valence-electron chi connectivity index (χ1n) is 19.5. The van der Waals surface area contributed by atoms with Gasteiger partial charge in [0.15, 0.2) is 6.29 Å². The first kappa shape index (κ1) is 33.9. The van der Waals surface area contributed by atoms with E-state index in [1.54, 1.807) is 6.92 Å². The molecule has 9 heteroatoms. The van der Waals surface area contributed by atoms with Gasteiger partial charge in [-0.3, -0.25) is 9.59 Å². The van der Waals surface area contributed by atoms with E-state index in [0.717, 1.165) is 25.7 Å². The Balaban J connectivity index is 0.981. The summed E-state index contributed by atoms with van der Waals surface area (Å²) in [6.45, 7) is 16.1. The predicted octanol–water partition coefficient (Wildman–Crippen LogP) is 5.23. The van der Waals surface area contributed by atoms with Crippen molar-refractivity contribution in [1.29, 1.82) is 0 Å². The van der Waals surface area contributed by atoms with Crippen molar-refractivity contribution in [2.24, 2.45) is 56.7 Å². The Hall–Kier alpha value is -1.26. The minimum Gasteiger partial charge on any atom is -0.480 e. The van der Waals surface area contributed by atoms with Gasteiger partial charge in [0, 0.05) is 24.9 Å². The fraction of sp³-hybridized carbons (Fsp3) is 0.949. The molecule has 6 saturated carbocycles. The van der Waals surface area contributed by atoms with Crippen LogP contribution in [0.25, 0.3) is 0 Å². The number of ether oxygens (including phenoxy) is 3. The van der Waals surface area contributed by atoms with Crippen molar-refractivity contribution in [2.75, 3.05) is 26.2 Å². The van der Waals surface area contributed by atoms with E-state index in [9.17, 15) is 19.8 Å². The topological polar surface area (TPSA) is 118 Å². The summed E-state index contributed by atoms with van der Waals surface area (Å²) < 4.78 is 19.8. The number of aliphatic hydroxyl groups is 1. The number of rotatable bonds is 8. The summed E-state index contributed by atoms with van der Waals surface area (Å²) in [5.41, 5.74) is 0.375. The molecule has 2 aliphatic heterocycles. The van der Waals surface area contributed by atoms with Gasteiger partial charge in [0.25, 0.3) is 0 Å². The van der Waals surface area contributed by atoms with Crippen LogP contribution >= 0.6 is 0 Å². The number of fused-ring (bicyclic) bond motifs is 4. The van der Waals surface area contributed by atoms with E-state index in [-0.39, 0.29) is 52.2 Å². The van der Waals surface area contributed by atoms with Crippen LogP contribution < -0.4 is 5.32 Å². The number of carbonyl (C=O) groups is 2. The number of nitrogens with zero attached hydrogens (tertiary/aromatic N) is 1. The normalized spacial score (nSPS) is 51.1. The molecule has 8 aliphatic rings. The minimum absolute atomic E-state index is 0.00521. The second-order valence-electron chi connectivity index (χ2n) is 19.0. The quantitative estimate of drug-likeness (QED) is 0.322. The standard InChI is InChI=1S/C39H62N2O7/c1-22-17-25(19-40-23(2)34(44)45)47-32-31(22)36(5)13-14-39-21-38(39)12-11-28(35(3,4)26(38)9-10-27(39)37(36,6)33(32)43)48-30-20-41(15-16-46-30)29(42)18-24-7-8-24/h22-28,30-33,40,43H,7-21H2,1-6H3,(H,44,45)/t22-,23+,25?,26+,27?,28?,30+,31+,32?,33+,36-,37-,38-,39+/m1/s1. The van der Waals surface area contributed by atoms with Crippen LogP contribution in [0.3, 0.4) is 0 Å². The largest absolute Gasteiger partial charge is 0.480 e. The van der Waals surface area contributed by atoms with E-state index in [4.69, 9.17) is 14.2 Å². The van der Waals surface area contributed by atoms with Crippen molar-refractivity contribution in [3.63, 3.8) is 0 Å². The fourth-order valence-electron chi connectivity index (χ4n) is 14.0.